The Balaban J connectivity index is 1.54. The molecule has 0 radical (unpaired) electrons. The number of aromatic nitrogens is 3. The minimum atomic E-state index is -0.153. The van der Waals surface area contributed by atoms with Crippen LogP contribution in [0.5, 0.6) is 0 Å². The van der Waals surface area contributed by atoms with Gasteiger partial charge in [-0.3, -0.25) is 4.79 Å². The van der Waals surface area contributed by atoms with E-state index in [4.69, 9.17) is 11.6 Å². The quantitative estimate of drug-likeness (QED) is 0.695. The van der Waals surface area contributed by atoms with Crippen molar-refractivity contribution in [3.05, 3.63) is 59.1 Å². The van der Waals surface area contributed by atoms with E-state index >= 15 is 0 Å². The number of hydrogen-bond donors (Lipinski definition) is 1. The first-order chi connectivity index (χ1) is 11.2. The zero-order valence-electron chi connectivity index (χ0n) is 12.3. The monoisotopic (exact) mass is 346 g/mol. The van der Waals surface area contributed by atoms with E-state index in [-0.39, 0.29) is 5.91 Å². The lowest BCUT2D eigenvalue weighted by Crippen LogP contribution is -2.25. The molecule has 1 N–H and O–H groups in total. The summed E-state index contributed by atoms with van der Waals surface area (Å²) >= 11 is 7.42. The number of carbonyl (C=O) groups excluding carboxylic acids is 1. The summed E-state index contributed by atoms with van der Waals surface area (Å²) in [5.41, 5.74) is 1.36. The van der Waals surface area contributed by atoms with Gasteiger partial charge in [0.25, 0.3) is 5.91 Å². The van der Waals surface area contributed by atoms with E-state index in [1.165, 1.54) is 11.3 Å². The third kappa shape index (κ3) is 4.18. The van der Waals surface area contributed by atoms with E-state index in [2.05, 4.69) is 15.3 Å². The van der Waals surface area contributed by atoms with Crippen LogP contribution in [0.25, 0.3) is 10.6 Å². The van der Waals surface area contributed by atoms with Crippen molar-refractivity contribution in [1.29, 1.82) is 0 Å². The second-order valence-corrected chi connectivity index (χ2v) is 6.25. The summed E-state index contributed by atoms with van der Waals surface area (Å²) in [6, 6.07) is 7.45. The molecule has 1 aromatic carbocycles. The average molecular weight is 347 g/mol. The average Bonchev–Trinajstić information content (AvgIpc) is 3.23. The summed E-state index contributed by atoms with van der Waals surface area (Å²) in [5, 5.41) is 6.09. The molecule has 3 aromatic rings. The Kier molecular flexibility index (Phi) is 5.05. The molecule has 3 rings (SSSR count). The molecule has 2 aromatic heterocycles. The third-order valence-electron chi connectivity index (χ3n) is 3.25. The summed E-state index contributed by atoms with van der Waals surface area (Å²) in [6.45, 7) is 1.42. The zero-order valence-corrected chi connectivity index (χ0v) is 13.8. The van der Waals surface area contributed by atoms with Gasteiger partial charge in [-0.1, -0.05) is 23.7 Å². The highest BCUT2D eigenvalue weighted by Gasteiger charge is 2.11. The molecule has 0 aliphatic carbocycles. The van der Waals surface area contributed by atoms with E-state index in [9.17, 15) is 4.79 Å². The highest BCUT2D eigenvalue weighted by molar-refractivity contribution is 7.13. The van der Waals surface area contributed by atoms with E-state index < -0.39 is 0 Å². The molecule has 1 amide bonds. The van der Waals surface area contributed by atoms with Crippen LogP contribution in [0.15, 0.2) is 48.4 Å². The van der Waals surface area contributed by atoms with E-state index in [0.717, 1.165) is 23.5 Å². The molecule has 0 saturated carbocycles. The summed E-state index contributed by atoms with van der Waals surface area (Å²) in [5.74, 6) is -0.153. The predicted molar refractivity (Wildman–Crippen MR) is 91.7 cm³/mol. The topological polar surface area (TPSA) is 59.8 Å². The molecule has 5 nitrogen and oxygen atoms in total. The number of imidazole rings is 1. The second kappa shape index (κ2) is 7.39. The minimum absolute atomic E-state index is 0.153. The van der Waals surface area contributed by atoms with Gasteiger partial charge in [0.05, 0.1) is 6.33 Å². The summed E-state index contributed by atoms with van der Waals surface area (Å²) in [7, 11) is 0. The number of rotatable bonds is 6. The van der Waals surface area contributed by atoms with E-state index in [0.29, 0.717) is 17.3 Å². The van der Waals surface area contributed by atoms with Gasteiger partial charge < -0.3 is 9.88 Å². The minimum Gasteiger partial charge on any atom is -0.351 e. The number of benzene rings is 1. The Morgan fingerprint density at radius 2 is 2.30 bits per heavy atom. The lowest BCUT2D eigenvalue weighted by atomic mass is 10.2. The number of carbonyl (C=O) groups is 1. The maximum atomic E-state index is 12.1. The number of nitrogens with one attached hydrogen (secondary N) is 1. The number of halogens is 1. The van der Waals surface area contributed by atoms with Crippen LogP contribution >= 0.6 is 22.9 Å². The van der Waals surface area contributed by atoms with Gasteiger partial charge in [-0.15, -0.1) is 11.3 Å². The molecular weight excluding hydrogens is 332 g/mol. The zero-order chi connectivity index (χ0) is 16.1. The molecule has 0 unspecified atom stereocenters. The molecule has 0 spiro atoms. The van der Waals surface area contributed by atoms with Crippen LogP contribution in [0.3, 0.4) is 0 Å². The fourth-order valence-corrected chi connectivity index (χ4v) is 3.09. The van der Waals surface area contributed by atoms with Crippen molar-refractivity contribution in [2.45, 2.75) is 13.0 Å². The highest BCUT2D eigenvalue weighted by Crippen LogP contribution is 2.25. The Hall–Kier alpha value is -2.18. The van der Waals surface area contributed by atoms with Gasteiger partial charge in [0.1, 0.15) is 10.7 Å². The first-order valence-electron chi connectivity index (χ1n) is 7.18. The van der Waals surface area contributed by atoms with Crippen LogP contribution in [0, 0.1) is 0 Å². The third-order valence-corrected chi connectivity index (χ3v) is 4.37. The molecule has 0 fully saturated rings. The first kappa shape index (κ1) is 15.7. The van der Waals surface area contributed by atoms with E-state index in [1.807, 2.05) is 35.0 Å². The summed E-state index contributed by atoms with van der Waals surface area (Å²) in [6.07, 6.45) is 6.25. The maximum absolute atomic E-state index is 12.1. The fraction of sp³-hybridized carbons (Fsp3) is 0.188. The van der Waals surface area contributed by atoms with Crippen LogP contribution < -0.4 is 5.32 Å². The summed E-state index contributed by atoms with van der Waals surface area (Å²) < 4.78 is 1.98. The number of aryl methyl sites for hydroxylation is 1. The Morgan fingerprint density at radius 3 is 3.09 bits per heavy atom. The van der Waals surface area contributed by atoms with Crippen LogP contribution in [-0.4, -0.2) is 27.0 Å². The predicted octanol–water partition coefficient (Wildman–Crippen LogP) is 3.48. The lowest BCUT2D eigenvalue weighted by molar-refractivity contribution is 0.0948. The van der Waals surface area contributed by atoms with Crippen molar-refractivity contribution >= 4 is 28.8 Å². The van der Waals surface area contributed by atoms with Gasteiger partial charge in [-0.25, -0.2) is 9.97 Å². The number of thiazole rings is 1. The van der Waals surface area contributed by atoms with Gasteiger partial charge in [0, 0.05) is 41.4 Å². The molecular formula is C16H15ClN4OS. The van der Waals surface area contributed by atoms with Gasteiger partial charge >= 0.3 is 0 Å². The first-order valence-corrected chi connectivity index (χ1v) is 8.43. The van der Waals surface area contributed by atoms with Gasteiger partial charge in [-0.05, 0) is 18.6 Å². The molecule has 118 valence electrons. The van der Waals surface area contributed by atoms with Crippen LogP contribution in [0.2, 0.25) is 5.02 Å². The van der Waals surface area contributed by atoms with Gasteiger partial charge in [0.15, 0.2) is 0 Å². The van der Waals surface area contributed by atoms with Crippen LogP contribution in [0.1, 0.15) is 16.9 Å². The van der Waals surface area contributed by atoms with Crippen molar-refractivity contribution in [1.82, 2.24) is 19.9 Å². The van der Waals surface area contributed by atoms with E-state index in [1.54, 1.807) is 17.9 Å². The Labute approximate surface area is 143 Å². The molecule has 23 heavy (non-hydrogen) atoms. The van der Waals surface area contributed by atoms with Crippen LogP contribution in [-0.2, 0) is 6.54 Å². The molecule has 2 heterocycles. The number of amides is 1. The number of nitrogens with zero attached hydrogens (tertiary/aromatic N) is 3. The van der Waals surface area contributed by atoms with Crippen molar-refractivity contribution in [3.8, 4) is 10.6 Å². The summed E-state index contributed by atoms with van der Waals surface area (Å²) in [4.78, 5) is 20.5. The van der Waals surface area contributed by atoms with Crippen LogP contribution in [0.4, 0.5) is 0 Å². The van der Waals surface area contributed by atoms with Crippen molar-refractivity contribution in [3.63, 3.8) is 0 Å². The van der Waals surface area contributed by atoms with Gasteiger partial charge in [0.2, 0.25) is 0 Å². The highest BCUT2D eigenvalue weighted by atomic mass is 35.5. The normalized spacial score (nSPS) is 10.7. The number of hydrogen-bond acceptors (Lipinski definition) is 4. The molecule has 0 saturated heterocycles. The molecule has 0 bridgehead atoms. The molecule has 0 aliphatic heterocycles. The standard InChI is InChI=1S/C16H15ClN4OS/c17-13-4-1-3-12(9-13)16-20-14(10-23-16)15(22)19-5-2-7-21-8-6-18-11-21/h1,3-4,6,8-11H,2,5,7H2,(H,19,22). The second-order valence-electron chi connectivity index (χ2n) is 4.96. The largest absolute Gasteiger partial charge is 0.351 e. The Morgan fingerprint density at radius 1 is 1.39 bits per heavy atom. The molecule has 0 atom stereocenters. The fourth-order valence-electron chi connectivity index (χ4n) is 2.11. The van der Waals surface area contributed by atoms with Gasteiger partial charge in [-0.2, -0.15) is 0 Å². The van der Waals surface area contributed by atoms with Crippen molar-refractivity contribution < 1.29 is 4.79 Å². The van der Waals surface area contributed by atoms with Crippen molar-refractivity contribution in [2.75, 3.05) is 6.54 Å². The SMILES string of the molecule is O=C(NCCCn1ccnc1)c1csc(-c2cccc(Cl)c2)n1. The lowest BCUT2D eigenvalue weighted by Gasteiger charge is -2.04. The molecule has 0 aliphatic rings. The van der Waals surface area contributed by atoms with Crippen molar-refractivity contribution in [2.24, 2.45) is 0 Å². The molecule has 7 heteroatoms. The smallest absolute Gasteiger partial charge is 0.270 e. The Bertz CT molecular complexity index is 785. The maximum Gasteiger partial charge on any atom is 0.270 e.